The highest BCUT2D eigenvalue weighted by molar-refractivity contribution is 6.73. The second kappa shape index (κ2) is 8.58. The summed E-state index contributed by atoms with van der Waals surface area (Å²) in [7, 11) is 0.252. The monoisotopic (exact) mass is 413 g/mol. The van der Waals surface area contributed by atoms with E-state index in [1.807, 2.05) is 13.0 Å². The van der Waals surface area contributed by atoms with E-state index in [-0.39, 0.29) is 13.8 Å². The highest BCUT2D eigenvalue weighted by Gasteiger charge is 2.30. The second-order valence-electron chi connectivity index (χ2n) is 6.51. The minimum absolute atomic E-state index is 0.114. The fourth-order valence-corrected chi connectivity index (χ4v) is 3.21. The number of imidazole rings is 1. The van der Waals surface area contributed by atoms with Crippen LogP contribution in [0.25, 0.3) is 11.5 Å². The Kier molecular flexibility index (Phi) is 6.14. The molecule has 29 heavy (non-hydrogen) atoms. The molecule has 0 radical (unpaired) electrons. The van der Waals surface area contributed by atoms with E-state index < -0.39 is 11.7 Å². The Balaban J connectivity index is 2.11. The molecular formula is C21H16BClF3N3. The van der Waals surface area contributed by atoms with Crippen LogP contribution in [0.1, 0.15) is 22.4 Å². The molecule has 0 aliphatic heterocycles. The molecule has 0 saturated heterocycles. The summed E-state index contributed by atoms with van der Waals surface area (Å²) < 4.78 is 41.4. The van der Waals surface area contributed by atoms with E-state index in [1.165, 1.54) is 6.07 Å². The van der Waals surface area contributed by atoms with Crippen LogP contribution in [0.3, 0.4) is 0 Å². The molecule has 0 N–H and O–H groups in total. The van der Waals surface area contributed by atoms with Crippen LogP contribution in [-0.2, 0) is 12.7 Å². The lowest BCUT2D eigenvalue weighted by Gasteiger charge is -2.13. The minimum atomic E-state index is -4.44. The predicted molar refractivity (Wildman–Crippen MR) is 110 cm³/mol. The van der Waals surface area contributed by atoms with Crippen LogP contribution < -0.4 is 5.72 Å². The fourth-order valence-electron chi connectivity index (χ4n) is 3.02. The van der Waals surface area contributed by atoms with Gasteiger partial charge in [0.1, 0.15) is 6.54 Å². The van der Waals surface area contributed by atoms with Gasteiger partial charge in [-0.1, -0.05) is 53.5 Å². The maximum absolute atomic E-state index is 13.2. The minimum Gasteiger partial charge on any atom is -0.326 e. The molecule has 0 bridgehead atoms. The highest BCUT2D eigenvalue weighted by Crippen LogP contribution is 2.31. The SMILES string of the molecule is Cc1cnc(BC(=Cc2ccccc2Cl)c2cccc(C(F)(F)F)c2)n1CC#N. The lowest BCUT2D eigenvalue weighted by molar-refractivity contribution is -0.137. The Morgan fingerprint density at radius 2 is 2.00 bits per heavy atom. The van der Waals surface area contributed by atoms with Gasteiger partial charge >= 0.3 is 6.18 Å². The molecule has 3 aromatic rings. The predicted octanol–water partition coefficient (Wildman–Crippen LogP) is 4.65. The van der Waals surface area contributed by atoms with E-state index in [2.05, 4.69) is 11.1 Å². The van der Waals surface area contributed by atoms with Gasteiger partial charge in [0, 0.05) is 16.9 Å². The van der Waals surface area contributed by atoms with Crippen LogP contribution in [0.15, 0.2) is 54.7 Å². The van der Waals surface area contributed by atoms with Crippen LogP contribution in [0.5, 0.6) is 0 Å². The number of hydrogen-bond acceptors (Lipinski definition) is 2. The summed E-state index contributed by atoms with van der Waals surface area (Å²) in [5, 5.41) is 9.57. The normalized spacial score (nSPS) is 11.9. The van der Waals surface area contributed by atoms with Crippen molar-refractivity contribution < 1.29 is 13.2 Å². The topological polar surface area (TPSA) is 41.6 Å². The summed E-state index contributed by atoms with van der Waals surface area (Å²) in [6.07, 6.45) is -1.04. The lowest BCUT2D eigenvalue weighted by atomic mass is 9.65. The number of halogens is 4. The van der Waals surface area contributed by atoms with Gasteiger partial charge in [0.2, 0.25) is 7.28 Å². The summed E-state index contributed by atoms with van der Waals surface area (Å²) >= 11 is 6.26. The zero-order valence-corrected chi connectivity index (χ0v) is 16.3. The molecule has 146 valence electrons. The first-order chi connectivity index (χ1) is 13.8. The Bertz CT molecular complexity index is 1100. The van der Waals surface area contributed by atoms with E-state index in [4.69, 9.17) is 16.9 Å². The molecule has 2 aromatic carbocycles. The molecule has 8 heteroatoms. The van der Waals surface area contributed by atoms with Gasteiger partial charge in [-0.25, -0.2) is 0 Å². The number of aryl methyl sites for hydroxylation is 1. The third-order valence-electron chi connectivity index (χ3n) is 4.51. The average Bonchev–Trinajstić information content (AvgIpc) is 3.02. The third-order valence-corrected chi connectivity index (χ3v) is 4.85. The molecule has 0 saturated carbocycles. The number of alkyl halides is 3. The Hall–Kier alpha value is -2.98. The summed E-state index contributed by atoms with van der Waals surface area (Å²) in [5.41, 5.74) is 2.41. The summed E-state index contributed by atoms with van der Waals surface area (Å²) in [4.78, 5) is 4.35. The van der Waals surface area contributed by atoms with Gasteiger partial charge in [-0.05, 0) is 36.2 Å². The molecule has 1 heterocycles. The molecule has 3 rings (SSSR count). The molecule has 0 fully saturated rings. The van der Waals surface area contributed by atoms with Crippen LogP contribution in [0.4, 0.5) is 13.2 Å². The van der Waals surface area contributed by atoms with Gasteiger partial charge in [-0.15, -0.1) is 0 Å². The zero-order chi connectivity index (χ0) is 21.0. The van der Waals surface area contributed by atoms with Crippen molar-refractivity contribution in [3.63, 3.8) is 0 Å². The van der Waals surface area contributed by atoms with Gasteiger partial charge in [-0.2, -0.15) is 18.4 Å². The Morgan fingerprint density at radius 3 is 2.69 bits per heavy atom. The van der Waals surface area contributed by atoms with Crippen LogP contribution in [0, 0.1) is 18.3 Å². The van der Waals surface area contributed by atoms with Gasteiger partial charge in [0.05, 0.1) is 17.4 Å². The number of nitrogens with zero attached hydrogens (tertiary/aromatic N) is 3. The fraction of sp³-hybridized carbons (Fsp3) is 0.143. The second-order valence-corrected chi connectivity index (χ2v) is 6.91. The first kappa shape index (κ1) is 20.8. The Labute approximate surface area is 172 Å². The molecule has 0 spiro atoms. The molecule has 1 aromatic heterocycles. The summed E-state index contributed by atoms with van der Waals surface area (Å²) in [5.74, 6) is 0. The molecule has 0 aliphatic rings. The quantitative estimate of drug-likeness (QED) is 0.451. The van der Waals surface area contributed by atoms with Crippen molar-refractivity contribution in [2.24, 2.45) is 0 Å². The first-order valence-corrected chi connectivity index (χ1v) is 9.18. The maximum atomic E-state index is 13.2. The average molecular weight is 414 g/mol. The molecule has 3 nitrogen and oxygen atoms in total. The van der Waals surface area contributed by atoms with Crippen molar-refractivity contribution in [1.82, 2.24) is 9.55 Å². The van der Waals surface area contributed by atoms with Crippen LogP contribution >= 0.6 is 11.6 Å². The largest absolute Gasteiger partial charge is 0.416 e. The number of nitriles is 1. The molecular weight excluding hydrogens is 398 g/mol. The van der Waals surface area contributed by atoms with Gasteiger partial charge in [0.15, 0.2) is 0 Å². The van der Waals surface area contributed by atoms with E-state index in [1.54, 1.807) is 41.1 Å². The molecule has 0 atom stereocenters. The smallest absolute Gasteiger partial charge is 0.326 e. The van der Waals surface area contributed by atoms with E-state index in [0.717, 1.165) is 17.8 Å². The van der Waals surface area contributed by atoms with Crippen molar-refractivity contribution in [2.75, 3.05) is 0 Å². The number of benzene rings is 2. The maximum Gasteiger partial charge on any atom is 0.416 e. The Morgan fingerprint density at radius 1 is 1.24 bits per heavy atom. The van der Waals surface area contributed by atoms with Crippen molar-refractivity contribution in [2.45, 2.75) is 19.6 Å². The molecule has 0 aliphatic carbocycles. The summed E-state index contributed by atoms with van der Waals surface area (Å²) in [6.45, 7) is 1.94. The zero-order valence-electron chi connectivity index (χ0n) is 15.5. The van der Waals surface area contributed by atoms with E-state index in [0.29, 0.717) is 27.3 Å². The van der Waals surface area contributed by atoms with Crippen LogP contribution in [-0.4, -0.2) is 16.8 Å². The van der Waals surface area contributed by atoms with E-state index >= 15 is 0 Å². The number of rotatable bonds is 5. The standard InChI is InChI=1S/C21H16BClF3N3/c1-14-13-28-20(29(14)10-9-27)22-18(12-16-5-2-3-8-19(16)23)15-6-4-7-17(11-15)21(24,25)26/h2-8,11-13,22H,10H2,1H3. The van der Waals surface area contributed by atoms with Crippen molar-refractivity contribution in [3.8, 4) is 6.07 Å². The van der Waals surface area contributed by atoms with E-state index in [9.17, 15) is 13.2 Å². The van der Waals surface area contributed by atoms with Crippen molar-refractivity contribution in [1.29, 1.82) is 5.26 Å². The molecule has 0 unspecified atom stereocenters. The molecule has 0 amide bonds. The van der Waals surface area contributed by atoms with Gasteiger partial charge in [-0.3, -0.25) is 4.98 Å². The van der Waals surface area contributed by atoms with Gasteiger partial charge in [0.25, 0.3) is 0 Å². The lowest BCUT2D eigenvalue weighted by Crippen LogP contribution is -2.28. The number of hydrogen-bond donors (Lipinski definition) is 0. The first-order valence-electron chi connectivity index (χ1n) is 8.80. The third kappa shape index (κ3) is 4.90. The summed E-state index contributed by atoms with van der Waals surface area (Å²) in [6, 6.07) is 14.4. The highest BCUT2D eigenvalue weighted by atomic mass is 35.5. The van der Waals surface area contributed by atoms with Gasteiger partial charge < -0.3 is 4.57 Å². The van der Waals surface area contributed by atoms with Crippen LogP contribution in [0.2, 0.25) is 5.02 Å². The van der Waals surface area contributed by atoms with Crippen molar-refractivity contribution in [3.05, 3.63) is 82.1 Å². The van der Waals surface area contributed by atoms with Crippen molar-refractivity contribution >= 4 is 36.2 Å². The number of aromatic nitrogens is 2.